The summed E-state index contributed by atoms with van der Waals surface area (Å²) in [5.74, 6) is -0.321. The maximum atomic E-state index is 13.8. The van der Waals surface area contributed by atoms with Crippen molar-refractivity contribution in [1.29, 1.82) is 0 Å². The minimum absolute atomic E-state index is 0.0529. The number of para-hydroxylation sites is 2. The van der Waals surface area contributed by atoms with Gasteiger partial charge in [-0.15, -0.1) is 0 Å². The molecule has 4 rings (SSSR count). The molecule has 44 heavy (non-hydrogen) atoms. The van der Waals surface area contributed by atoms with Crippen LogP contribution < -0.4 is 20.4 Å². The Morgan fingerprint density at radius 3 is 2.02 bits per heavy atom. The highest BCUT2D eigenvalue weighted by molar-refractivity contribution is 6.07. The fourth-order valence-electron chi connectivity index (χ4n) is 5.46. The van der Waals surface area contributed by atoms with Gasteiger partial charge in [0.05, 0.1) is 16.9 Å². The van der Waals surface area contributed by atoms with Crippen LogP contribution in [-0.2, 0) is 11.3 Å². The van der Waals surface area contributed by atoms with E-state index < -0.39 is 17.2 Å². The fraction of sp³-hybridized carbons (Fsp3) is 0.382. The molecule has 1 atom stereocenters. The third kappa shape index (κ3) is 7.87. The summed E-state index contributed by atoms with van der Waals surface area (Å²) in [5, 5.41) is 5.57. The van der Waals surface area contributed by atoms with Crippen molar-refractivity contribution >= 4 is 40.8 Å². The van der Waals surface area contributed by atoms with Gasteiger partial charge in [-0.1, -0.05) is 24.3 Å². The second kappa shape index (κ2) is 13.0. The number of carbonyl (C=O) groups excluding carboxylic acids is 3. The number of anilines is 4. The lowest BCUT2D eigenvalue weighted by molar-refractivity contribution is 0.0635. The Morgan fingerprint density at radius 2 is 1.48 bits per heavy atom. The monoisotopic (exact) mass is 600 g/mol. The highest BCUT2D eigenvalue weighted by Crippen LogP contribution is 2.35. The van der Waals surface area contributed by atoms with Crippen LogP contribution in [0.3, 0.4) is 0 Å². The van der Waals surface area contributed by atoms with E-state index in [1.807, 2.05) is 79.3 Å². The summed E-state index contributed by atoms with van der Waals surface area (Å²) in [7, 11) is 8.01. The molecule has 1 saturated heterocycles. The van der Waals surface area contributed by atoms with Gasteiger partial charge in [0, 0.05) is 50.7 Å². The lowest BCUT2D eigenvalue weighted by Crippen LogP contribution is -2.51. The van der Waals surface area contributed by atoms with Gasteiger partial charge >= 0.3 is 12.1 Å². The topological polar surface area (TPSA) is 97.5 Å². The van der Waals surface area contributed by atoms with E-state index in [1.165, 1.54) is 0 Å². The van der Waals surface area contributed by atoms with Crippen molar-refractivity contribution in [2.24, 2.45) is 0 Å². The molecule has 0 spiro atoms. The highest BCUT2D eigenvalue weighted by atomic mass is 16.6. The van der Waals surface area contributed by atoms with E-state index in [0.717, 1.165) is 16.9 Å². The zero-order chi connectivity index (χ0) is 32.2. The molecule has 0 saturated carbocycles. The SMILES string of the molecule is CN(C)CC1(C)CN(Cc2ccc(C(=O)Nc3ccccc3NC(=O)OC(C)(C)C)cc2)C(=O)N1c1ccc(N(C)C)cc1. The molecule has 0 aliphatic carbocycles. The van der Waals surface area contributed by atoms with E-state index in [4.69, 9.17) is 4.74 Å². The van der Waals surface area contributed by atoms with Crippen LogP contribution in [-0.4, -0.2) is 80.3 Å². The first-order chi connectivity index (χ1) is 20.6. The maximum Gasteiger partial charge on any atom is 0.412 e. The number of likely N-dealkylation sites (N-methyl/N-ethyl adjacent to an activating group) is 1. The standard InChI is InChI=1S/C34H44N6O4/c1-33(2,3)44-31(42)36-29-12-10-9-11-28(29)35-30(41)25-15-13-24(14-16-25)21-39-23-34(4,22-37(5)6)40(32(39)43)27-19-17-26(18-20-27)38(7)8/h9-20H,21-23H2,1-8H3,(H,35,41)(H,36,42). The fourth-order valence-corrected chi connectivity index (χ4v) is 5.46. The predicted octanol–water partition coefficient (Wildman–Crippen LogP) is 6.11. The first-order valence-corrected chi connectivity index (χ1v) is 14.7. The minimum atomic E-state index is -0.648. The van der Waals surface area contributed by atoms with Gasteiger partial charge in [-0.05, 0) is 95.9 Å². The Bertz CT molecular complexity index is 1480. The second-order valence-corrected chi connectivity index (χ2v) is 12.9. The molecule has 4 amide bonds. The van der Waals surface area contributed by atoms with Crippen LogP contribution in [0.5, 0.6) is 0 Å². The van der Waals surface area contributed by atoms with E-state index in [1.54, 1.807) is 57.2 Å². The number of rotatable bonds is 9. The summed E-state index contributed by atoms with van der Waals surface area (Å²) in [6, 6.07) is 22.2. The van der Waals surface area contributed by atoms with Crippen LogP contribution >= 0.6 is 0 Å². The predicted molar refractivity (Wildman–Crippen MR) is 177 cm³/mol. The quantitative estimate of drug-likeness (QED) is 0.308. The molecule has 1 heterocycles. The van der Waals surface area contributed by atoms with Gasteiger partial charge in [0.15, 0.2) is 0 Å². The molecule has 2 N–H and O–H groups in total. The molecule has 0 aromatic heterocycles. The number of nitrogens with one attached hydrogen (secondary N) is 2. The molecule has 1 fully saturated rings. The Labute approximate surface area is 260 Å². The summed E-state index contributed by atoms with van der Waals surface area (Å²) >= 11 is 0. The number of ether oxygens (including phenoxy) is 1. The summed E-state index contributed by atoms with van der Waals surface area (Å²) in [4.78, 5) is 47.1. The number of benzene rings is 3. The lowest BCUT2D eigenvalue weighted by Gasteiger charge is -2.35. The maximum absolute atomic E-state index is 13.8. The van der Waals surface area contributed by atoms with E-state index in [9.17, 15) is 14.4 Å². The van der Waals surface area contributed by atoms with E-state index in [2.05, 4.69) is 22.5 Å². The first kappa shape index (κ1) is 32.3. The van der Waals surface area contributed by atoms with Crippen molar-refractivity contribution in [3.05, 3.63) is 83.9 Å². The van der Waals surface area contributed by atoms with Crippen molar-refractivity contribution in [2.75, 3.05) is 61.7 Å². The largest absolute Gasteiger partial charge is 0.444 e. The molecule has 0 radical (unpaired) electrons. The van der Waals surface area contributed by atoms with Gasteiger partial charge in [0.25, 0.3) is 5.91 Å². The van der Waals surface area contributed by atoms with E-state index in [0.29, 0.717) is 36.6 Å². The third-order valence-corrected chi connectivity index (χ3v) is 7.21. The van der Waals surface area contributed by atoms with Crippen molar-refractivity contribution in [1.82, 2.24) is 9.80 Å². The smallest absolute Gasteiger partial charge is 0.412 e. The van der Waals surface area contributed by atoms with Crippen LogP contribution in [0.2, 0.25) is 0 Å². The Balaban J connectivity index is 1.46. The number of nitrogens with zero attached hydrogens (tertiary/aromatic N) is 4. The van der Waals surface area contributed by atoms with Gasteiger partial charge in [0.2, 0.25) is 0 Å². The van der Waals surface area contributed by atoms with Gasteiger partial charge in [-0.25, -0.2) is 9.59 Å². The van der Waals surface area contributed by atoms with Crippen LogP contribution in [0.15, 0.2) is 72.8 Å². The molecule has 10 nitrogen and oxygen atoms in total. The molecule has 3 aromatic carbocycles. The molecule has 1 unspecified atom stereocenters. The summed E-state index contributed by atoms with van der Waals surface area (Å²) in [5.41, 5.74) is 3.10. The van der Waals surface area contributed by atoms with E-state index in [-0.39, 0.29) is 11.9 Å². The average molecular weight is 601 g/mol. The molecule has 10 heteroatoms. The lowest BCUT2D eigenvalue weighted by atomic mass is 10.00. The number of hydrogen-bond acceptors (Lipinski definition) is 6. The Morgan fingerprint density at radius 1 is 0.886 bits per heavy atom. The van der Waals surface area contributed by atoms with Crippen molar-refractivity contribution < 1.29 is 19.1 Å². The molecule has 3 aromatic rings. The van der Waals surface area contributed by atoms with Gasteiger partial charge in [-0.2, -0.15) is 0 Å². The molecule has 1 aliphatic rings. The second-order valence-electron chi connectivity index (χ2n) is 12.9. The van der Waals surface area contributed by atoms with Gasteiger partial charge in [-0.3, -0.25) is 15.0 Å². The first-order valence-electron chi connectivity index (χ1n) is 14.7. The number of carbonyl (C=O) groups is 3. The molecular formula is C34H44N6O4. The van der Waals surface area contributed by atoms with Crippen LogP contribution in [0, 0.1) is 0 Å². The summed E-state index contributed by atoms with van der Waals surface area (Å²) < 4.78 is 5.34. The van der Waals surface area contributed by atoms with Crippen LogP contribution in [0.4, 0.5) is 32.3 Å². The molecule has 234 valence electrons. The number of hydrogen-bond donors (Lipinski definition) is 2. The number of amides is 4. The molecule has 1 aliphatic heterocycles. The molecule has 0 bridgehead atoms. The normalized spacial score (nSPS) is 16.7. The average Bonchev–Trinajstić information content (AvgIpc) is 3.16. The Hall–Kier alpha value is -4.57. The zero-order valence-corrected chi connectivity index (χ0v) is 27.0. The van der Waals surface area contributed by atoms with Crippen LogP contribution in [0.1, 0.15) is 43.6 Å². The van der Waals surface area contributed by atoms with Crippen molar-refractivity contribution in [3.8, 4) is 0 Å². The van der Waals surface area contributed by atoms with E-state index >= 15 is 0 Å². The van der Waals surface area contributed by atoms with Crippen molar-refractivity contribution in [3.63, 3.8) is 0 Å². The van der Waals surface area contributed by atoms with Crippen molar-refractivity contribution in [2.45, 2.75) is 45.4 Å². The van der Waals surface area contributed by atoms with Gasteiger partial charge < -0.3 is 24.8 Å². The minimum Gasteiger partial charge on any atom is -0.444 e. The van der Waals surface area contributed by atoms with Crippen LogP contribution in [0.25, 0.3) is 0 Å². The highest BCUT2D eigenvalue weighted by Gasteiger charge is 2.47. The molecular weight excluding hydrogens is 556 g/mol. The third-order valence-electron chi connectivity index (χ3n) is 7.21. The summed E-state index contributed by atoms with van der Waals surface area (Å²) in [6.45, 7) is 9.15. The number of urea groups is 1. The zero-order valence-electron chi connectivity index (χ0n) is 27.0. The summed E-state index contributed by atoms with van der Waals surface area (Å²) in [6.07, 6.45) is -0.606. The Kier molecular flexibility index (Phi) is 9.53. The van der Waals surface area contributed by atoms with Gasteiger partial charge in [0.1, 0.15) is 5.60 Å².